The second-order valence-corrected chi connectivity index (χ2v) is 4.30. The van der Waals surface area contributed by atoms with Crippen LogP contribution in [-0.4, -0.2) is 21.3 Å². The van der Waals surface area contributed by atoms with Crippen LogP contribution in [0.2, 0.25) is 0 Å². The maximum Gasteiger partial charge on any atom is 0.165 e. The van der Waals surface area contributed by atoms with Gasteiger partial charge in [0, 0.05) is 31.0 Å². The van der Waals surface area contributed by atoms with Crippen LogP contribution in [0.4, 0.5) is 0 Å². The number of nitrogens with one attached hydrogen (secondary N) is 1. The topological polar surface area (TPSA) is 52.0 Å². The van der Waals surface area contributed by atoms with Gasteiger partial charge in [-0.2, -0.15) is 5.10 Å². The molecule has 0 saturated heterocycles. The summed E-state index contributed by atoms with van der Waals surface area (Å²) in [5, 5.41) is 7.53. The van der Waals surface area contributed by atoms with Crippen molar-refractivity contribution in [2.45, 2.75) is 33.4 Å². The first-order valence-corrected chi connectivity index (χ1v) is 6.67. The van der Waals surface area contributed by atoms with Gasteiger partial charge >= 0.3 is 0 Å². The number of hydrogen-bond acceptors (Lipinski definition) is 4. The number of ether oxygens (including phenoxy) is 1. The van der Waals surface area contributed by atoms with Gasteiger partial charge in [0.15, 0.2) is 5.75 Å². The molecule has 0 aromatic carbocycles. The third kappa shape index (κ3) is 3.79. The van der Waals surface area contributed by atoms with Gasteiger partial charge in [-0.05, 0) is 19.0 Å². The second-order valence-electron chi connectivity index (χ2n) is 4.30. The summed E-state index contributed by atoms with van der Waals surface area (Å²) in [6.07, 6.45) is 8.28. The number of nitrogens with zero attached hydrogens (tertiary/aromatic N) is 3. The Kier molecular flexibility index (Phi) is 4.92. The second kappa shape index (κ2) is 6.89. The van der Waals surface area contributed by atoms with E-state index in [0.717, 1.165) is 43.1 Å². The molecule has 0 atom stereocenters. The Morgan fingerprint density at radius 1 is 1.32 bits per heavy atom. The minimum absolute atomic E-state index is 0.753. The zero-order chi connectivity index (χ0) is 13.5. The van der Waals surface area contributed by atoms with Gasteiger partial charge in [-0.25, -0.2) is 0 Å². The lowest BCUT2D eigenvalue weighted by Gasteiger charge is -2.09. The monoisotopic (exact) mass is 260 g/mol. The Hall–Kier alpha value is -1.88. The van der Waals surface area contributed by atoms with Gasteiger partial charge in [0.25, 0.3) is 0 Å². The molecule has 2 heterocycles. The van der Waals surface area contributed by atoms with E-state index in [1.165, 1.54) is 0 Å². The third-order valence-electron chi connectivity index (χ3n) is 2.71. The molecule has 2 rings (SSSR count). The summed E-state index contributed by atoms with van der Waals surface area (Å²) in [6.45, 7) is 6.78. The summed E-state index contributed by atoms with van der Waals surface area (Å²) >= 11 is 0. The standard InChI is InChI=1S/C14H20N4O/c1-3-7-18-11-13(10-17-18)19-14-5-6-16-9-12(14)8-15-4-2/h5-6,9-11,15H,3-4,7-8H2,1-2H3. The first-order chi connectivity index (χ1) is 9.33. The summed E-state index contributed by atoms with van der Waals surface area (Å²) in [5.41, 5.74) is 1.05. The van der Waals surface area contributed by atoms with Crippen LogP contribution in [0.25, 0.3) is 0 Å². The summed E-state index contributed by atoms with van der Waals surface area (Å²) < 4.78 is 7.76. The normalized spacial score (nSPS) is 10.6. The van der Waals surface area contributed by atoms with Crippen molar-refractivity contribution in [3.8, 4) is 11.5 Å². The summed E-state index contributed by atoms with van der Waals surface area (Å²) in [5.74, 6) is 1.59. The molecule has 0 spiro atoms. The molecule has 0 aliphatic heterocycles. The van der Waals surface area contributed by atoms with E-state index in [1.54, 1.807) is 12.4 Å². The summed E-state index contributed by atoms with van der Waals surface area (Å²) in [6, 6.07) is 1.88. The predicted octanol–water partition coefficient (Wildman–Crippen LogP) is 2.59. The summed E-state index contributed by atoms with van der Waals surface area (Å²) in [7, 11) is 0. The molecule has 102 valence electrons. The van der Waals surface area contributed by atoms with Crippen molar-refractivity contribution in [1.29, 1.82) is 0 Å². The lowest BCUT2D eigenvalue weighted by Crippen LogP contribution is -2.12. The molecule has 1 N–H and O–H groups in total. The molecule has 0 radical (unpaired) electrons. The Bertz CT molecular complexity index is 510. The largest absolute Gasteiger partial charge is 0.454 e. The van der Waals surface area contributed by atoms with Gasteiger partial charge in [-0.3, -0.25) is 9.67 Å². The maximum atomic E-state index is 5.87. The number of rotatable bonds is 7. The highest BCUT2D eigenvalue weighted by Gasteiger charge is 2.06. The van der Waals surface area contributed by atoms with Crippen molar-refractivity contribution in [2.75, 3.05) is 6.54 Å². The van der Waals surface area contributed by atoms with Crippen LogP contribution in [0.1, 0.15) is 25.8 Å². The predicted molar refractivity (Wildman–Crippen MR) is 74.2 cm³/mol. The molecule has 2 aromatic rings. The van der Waals surface area contributed by atoms with E-state index in [9.17, 15) is 0 Å². The maximum absolute atomic E-state index is 5.87. The smallest absolute Gasteiger partial charge is 0.165 e. The van der Waals surface area contributed by atoms with E-state index in [0.29, 0.717) is 0 Å². The zero-order valence-corrected chi connectivity index (χ0v) is 11.5. The lowest BCUT2D eigenvalue weighted by molar-refractivity contribution is 0.470. The Balaban J connectivity index is 2.08. The fourth-order valence-electron chi connectivity index (χ4n) is 1.78. The molecular weight excluding hydrogens is 240 g/mol. The third-order valence-corrected chi connectivity index (χ3v) is 2.71. The fourth-order valence-corrected chi connectivity index (χ4v) is 1.78. The molecular formula is C14H20N4O. The zero-order valence-electron chi connectivity index (χ0n) is 11.5. The number of aromatic nitrogens is 3. The van der Waals surface area contributed by atoms with Crippen LogP contribution in [0.3, 0.4) is 0 Å². The molecule has 0 fully saturated rings. The van der Waals surface area contributed by atoms with Crippen molar-refractivity contribution < 1.29 is 4.74 Å². The Labute approximate surface area is 113 Å². The van der Waals surface area contributed by atoms with Crippen LogP contribution in [0.5, 0.6) is 11.5 Å². The molecule has 0 amide bonds. The van der Waals surface area contributed by atoms with Gasteiger partial charge < -0.3 is 10.1 Å². The first-order valence-electron chi connectivity index (χ1n) is 6.67. The Morgan fingerprint density at radius 2 is 2.21 bits per heavy atom. The van der Waals surface area contributed by atoms with Crippen molar-refractivity contribution in [1.82, 2.24) is 20.1 Å². The lowest BCUT2D eigenvalue weighted by atomic mass is 10.2. The molecule has 2 aromatic heterocycles. The summed E-state index contributed by atoms with van der Waals surface area (Å²) in [4.78, 5) is 4.13. The molecule has 0 unspecified atom stereocenters. The highest BCUT2D eigenvalue weighted by molar-refractivity contribution is 5.34. The van der Waals surface area contributed by atoms with E-state index in [2.05, 4.69) is 29.2 Å². The fraction of sp³-hybridized carbons (Fsp3) is 0.429. The first kappa shape index (κ1) is 13.5. The average Bonchev–Trinajstić information content (AvgIpc) is 2.86. The molecule has 0 aliphatic rings. The molecule has 19 heavy (non-hydrogen) atoms. The molecule has 0 saturated carbocycles. The van der Waals surface area contributed by atoms with Gasteiger partial charge in [0.2, 0.25) is 0 Å². The van der Waals surface area contributed by atoms with E-state index in [4.69, 9.17) is 4.74 Å². The molecule has 0 aliphatic carbocycles. The van der Waals surface area contributed by atoms with Gasteiger partial charge in [0.1, 0.15) is 5.75 Å². The van der Waals surface area contributed by atoms with Gasteiger partial charge in [0.05, 0.1) is 12.4 Å². The van der Waals surface area contributed by atoms with Crippen LogP contribution >= 0.6 is 0 Å². The number of aryl methyl sites for hydroxylation is 1. The van der Waals surface area contributed by atoms with E-state index in [-0.39, 0.29) is 0 Å². The minimum Gasteiger partial charge on any atom is -0.454 e. The van der Waals surface area contributed by atoms with E-state index in [1.807, 2.05) is 23.1 Å². The van der Waals surface area contributed by atoms with Crippen molar-refractivity contribution in [3.05, 3.63) is 36.4 Å². The SMILES string of the molecule is CCCn1cc(Oc2ccncc2CNCC)cn1. The van der Waals surface area contributed by atoms with E-state index >= 15 is 0 Å². The quantitative estimate of drug-likeness (QED) is 0.831. The minimum atomic E-state index is 0.753. The number of pyridine rings is 1. The van der Waals surface area contributed by atoms with Gasteiger partial charge in [-0.1, -0.05) is 13.8 Å². The van der Waals surface area contributed by atoms with Crippen LogP contribution in [0.15, 0.2) is 30.9 Å². The molecule has 5 nitrogen and oxygen atoms in total. The Morgan fingerprint density at radius 3 is 3.00 bits per heavy atom. The highest BCUT2D eigenvalue weighted by atomic mass is 16.5. The number of hydrogen-bond donors (Lipinski definition) is 1. The van der Waals surface area contributed by atoms with Crippen molar-refractivity contribution in [3.63, 3.8) is 0 Å². The van der Waals surface area contributed by atoms with Crippen LogP contribution in [-0.2, 0) is 13.1 Å². The van der Waals surface area contributed by atoms with Crippen molar-refractivity contribution >= 4 is 0 Å². The molecule has 5 heteroatoms. The van der Waals surface area contributed by atoms with Crippen LogP contribution < -0.4 is 10.1 Å². The van der Waals surface area contributed by atoms with Crippen LogP contribution in [0, 0.1) is 0 Å². The van der Waals surface area contributed by atoms with E-state index < -0.39 is 0 Å². The average molecular weight is 260 g/mol. The van der Waals surface area contributed by atoms with Crippen molar-refractivity contribution in [2.24, 2.45) is 0 Å². The van der Waals surface area contributed by atoms with Gasteiger partial charge in [-0.15, -0.1) is 0 Å². The highest BCUT2D eigenvalue weighted by Crippen LogP contribution is 2.24. The molecule has 0 bridgehead atoms.